The number of nitrogens with one attached hydrogen (secondary N) is 2. The number of ketones is 2. The van der Waals surface area contributed by atoms with Gasteiger partial charge in [0, 0.05) is 19.4 Å². The Morgan fingerprint density at radius 2 is 1.18 bits per heavy atom. The fourth-order valence-corrected chi connectivity index (χ4v) is 4.10. The third-order valence-corrected chi connectivity index (χ3v) is 6.78. The average molecular weight is 620 g/mol. The van der Waals surface area contributed by atoms with Crippen LogP contribution in [-0.4, -0.2) is 78.7 Å². The Bertz CT molecular complexity index is 1420. The van der Waals surface area contributed by atoms with E-state index in [9.17, 15) is 39.9 Å². The minimum atomic E-state index is -1.28. The number of carbonyl (C=O) groups excluding carboxylic acids is 2. The van der Waals surface area contributed by atoms with E-state index in [0.717, 1.165) is 0 Å². The lowest BCUT2D eigenvalue weighted by Crippen LogP contribution is -2.54. The van der Waals surface area contributed by atoms with Crippen LogP contribution < -0.4 is 10.8 Å². The number of imidazole rings is 3. The molecule has 44 heavy (non-hydrogen) atoms. The van der Waals surface area contributed by atoms with E-state index in [1.54, 1.807) is 27.7 Å². The van der Waals surface area contributed by atoms with Crippen molar-refractivity contribution in [2.24, 2.45) is 0 Å². The highest BCUT2D eigenvalue weighted by atomic mass is 16.7. The standard InChI is InChI=1S/C24H33N11O9/c1-23(2,18(36)5-10-30-12-7-25-20(30)33(38)39)28-15-17(16-32-14-9-27-22(32)35(42)43)44-29-24(3,4)19(37)6-11-31-13-8-26-21(31)34(40)41/h7-9,12-14,17,28-29H,5-6,10-11,15-16H2,1-4H3. The Kier molecular flexibility index (Phi) is 10.7. The van der Waals surface area contributed by atoms with Gasteiger partial charge in [-0.2, -0.15) is 5.48 Å². The number of nitro groups is 3. The summed E-state index contributed by atoms with van der Waals surface area (Å²) in [5, 5.41) is 36.7. The number of hydrogen-bond acceptors (Lipinski definition) is 14. The first kappa shape index (κ1) is 33.6. The molecule has 2 N–H and O–H groups in total. The van der Waals surface area contributed by atoms with Crippen molar-refractivity contribution in [3.63, 3.8) is 0 Å². The smallest absolute Gasteiger partial charge is 0.390 e. The molecule has 0 saturated carbocycles. The molecule has 20 nitrogen and oxygen atoms in total. The molecule has 3 aromatic rings. The van der Waals surface area contributed by atoms with E-state index < -0.39 is 43.8 Å². The van der Waals surface area contributed by atoms with Crippen LogP contribution in [0.2, 0.25) is 0 Å². The fourth-order valence-electron chi connectivity index (χ4n) is 4.10. The van der Waals surface area contributed by atoms with Crippen LogP contribution in [0.5, 0.6) is 0 Å². The predicted octanol–water partition coefficient (Wildman–Crippen LogP) is 1.36. The summed E-state index contributed by atoms with van der Waals surface area (Å²) in [6.45, 7) is 6.25. The van der Waals surface area contributed by atoms with E-state index in [1.165, 1.54) is 50.9 Å². The summed E-state index contributed by atoms with van der Waals surface area (Å²) in [6, 6.07) is 0. The molecule has 3 aromatic heterocycles. The molecule has 0 fully saturated rings. The van der Waals surface area contributed by atoms with Gasteiger partial charge in [-0.15, -0.1) is 0 Å². The minimum absolute atomic E-state index is 0.00496. The van der Waals surface area contributed by atoms with Gasteiger partial charge in [-0.05, 0) is 42.5 Å². The van der Waals surface area contributed by atoms with Gasteiger partial charge in [0.15, 0.2) is 11.6 Å². The Balaban J connectivity index is 1.66. The molecular formula is C24H33N11O9. The largest absolute Gasteiger partial charge is 0.434 e. The van der Waals surface area contributed by atoms with Gasteiger partial charge in [0.1, 0.15) is 49.8 Å². The van der Waals surface area contributed by atoms with Gasteiger partial charge < -0.3 is 35.7 Å². The maximum atomic E-state index is 13.0. The summed E-state index contributed by atoms with van der Waals surface area (Å²) in [4.78, 5) is 74.6. The van der Waals surface area contributed by atoms with Crippen molar-refractivity contribution in [3.8, 4) is 0 Å². The summed E-state index contributed by atoms with van der Waals surface area (Å²) >= 11 is 0. The van der Waals surface area contributed by atoms with Crippen molar-refractivity contribution < 1.29 is 29.2 Å². The molecule has 0 aliphatic carbocycles. The monoisotopic (exact) mass is 619 g/mol. The normalized spacial score (nSPS) is 12.6. The SMILES string of the molecule is CC(C)(NCC(Cn1ccnc1[N+](=O)[O-])ONC(C)(C)C(=O)CCn1ccnc1[N+](=O)[O-])C(=O)CCn1ccnc1[N+](=O)[O-]. The number of rotatable bonds is 19. The third kappa shape index (κ3) is 8.55. The molecule has 3 heterocycles. The summed E-state index contributed by atoms with van der Waals surface area (Å²) in [6.07, 6.45) is 6.95. The van der Waals surface area contributed by atoms with E-state index in [2.05, 4.69) is 25.7 Å². The first-order valence-corrected chi connectivity index (χ1v) is 13.3. The molecule has 0 spiro atoms. The zero-order valence-corrected chi connectivity index (χ0v) is 24.5. The quantitative estimate of drug-likeness (QED) is 0.142. The molecule has 1 unspecified atom stereocenters. The fraction of sp³-hybridized carbons (Fsp3) is 0.542. The van der Waals surface area contributed by atoms with Crippen molar-refractivity contribution >= 4 is 29.4 Å². The lowest BCUT2D eigenvalue weighted by atomic mass is 9.96. The number of hydroxylamine groups is 1. The zero-order valence-electron chi connectivity index (χ0n) is 24.5. The van der Waals surface area contributed by atoms with Gasteiger partial charge in [0.2, 0.25) is 0 Å². The lowest BCUT2D eigenvalue weighted by Gasteiger charge is -2.30. The highest BCUT2D eigenvalue weighted by Gasteiger charge is 2.33. The van der Waals surface area contributed by atoms with Gasteiger partial charge in [0.05, 0.1) is 24.2 Å². The van der Waals surface area contributed by atoms with Crippen LogP contribution in [0.4, 0.5) is 17.8 Å². The second-order valence-corrected chi connectivity index (χ2v) is 10.8. The van der Waals surface area contributed by atoms with E-state index in [0.29, 0.717) is 0 Å². The second kappa shape index (κ2) is 14.0. The van der Waals surface area contributed by atoms with E-state index in [4.69, 9.17) is 4.84 Å². The van der Waals surface area contributed by atoms with E-state index in [-0.39, 0.29) is 56.5 Å². The second-order valence-electron chi connectivity index (χ2n) is 10.8. The first-order valence-electron chi connectivity index (χ1n) is 13.3. The molecule has 0 aromatic carbocycles. The molecule has 0 aliphatic rings. The highest BCUT2D eigenvalue weighted by molar-refractivity contribution is 5.87. The predicted molar refractivity (Wildman–Crippen MR) is 150 cm³/mol. The maximum absolute atomic E-state index is 13.0. The molecule has 1 atom stereocenters. The van der Waals surface area contributed by atoms with Gasteiger partial charge in [0.25, 0.3) is 0 Å². The van der Waals surface area contributed by atoms with Crippen molar-refractivity contribution in [2.45, 2.75) is 77.4 Å². The topological polar surface area (TPSA) is 250 Å². The lowest BCUT2D eigenvalue weighted by molar-refractivity contribution is -0.397. The number of Topliss-reactive ketones (excluding diaryl/α,β-unsaturated/α-hetero) is 2. The number of hydrogen-bond donors (Lipinski definition) is 2. The van der Waals surface area contributed by atoms with Gasteiger partial charge in [-0.25, -0.2) is 13.7 Å². The summed E-state index contributed by atoms with van der Waals surface area (Å²) < 4.78 is 3.74. The van der Waals surface area contributed by atoms with Crippen LogP contribution in [-0.2, 0) is 34.1 Å². The maximum Gasteiger partial charge on any atom is 0.434 e. The van der Waals surface area contributed by atoms with Crippen molar-refractivity contribution in [3.05, 3.63) is 67.5 Å². The van der Waals surface area contributed by atoms with Crippen LogP contribution >= 0.6 is 0 Å². The average Bonchev–Trinajstić information content (AvgIpc) is 3.72. The van der Waals surface area contributed by atoms with Crippen LogP contribution in [0.3, 0.4) is 0 Å². The number of nitrogens with zero attached hydrogens (tertiary/aromatic N) is 9. The number of aryl methyl sites for hydroxylation is 2. The van der Waals surface area contributed by atoms with Gasteiger partial charge in [-0.1, -0.05) is 15.0 Å². The Morgan fingerprint density at radius 1 is 0.773 bits per heavy atom. The molecule has 20 heteroatoms. The molecule has 238 valence electrons. The van der Waals surface area contributed by atoms with Gasteiger partial charge in [-0.3, -0.25) is 14.4 Å². The Morgan fingerprint density at radius 3 is 1.64 bits per heavy atom. The molecular weight excluding hydrogens is 586 g/mol. The number of aromatic nitrogens is 6. The van der Waals surface area contributed by atoms with Gasteiger partial charge >= 0.3 is 17.8 Å². The van der Waals surface area contributed by atoms with Crippen molar-refractivity contribution in [1.29, 1.82) is 0 Å². The summed E-state index contributed by atoms with van der Waals surface area (Å²) in [5.41, 5.74) is 0.288. The van der Waals surface area contributed by atoms with Crippen LogP contribution in [0, 0.1) is 30.3 Å². The zero-order chi connectivity index (χ0) is 32.7. The van der Waals surface area contributed by atoms with E-state index in [1.807, 2.05) is 0 Å². The Labute approximate surface area is 249 Å². The molecule has 0 amide bonds. The minimum Gasteiger partial charge on any atom is -0.390 e. The molecule has 0 bridgehead atoms. The molecule has 0 radical (unpaired) electrons. The van der Waals surface area contributed by atoms with Crippen LogP contribution in [0.25, 0.3) is 0 Å². The first-order chi connectivity index (χ1) is 20.6. The molecule has 0 aliphatic heterocycles. The third-order valence-electron chi connectivity index (χ3n) is 6.78. The van der Waals surface area contributed by atoms with Crippen LogP contribution in [0.1, 0.15) is 40.5 Å². The summed E-state index contributed by atoms with van der Waals surface area (Å²) in [5.74, 6) is -1.83. The van der Waals surface area contributed by atoms with Crippen LogP contribution in [0.15, 0.2) is 37.2 Å². The van der Waals surface area contributed by atoms with Crippen molar-refractivity contribution in [2.75, 3.05) is 6.54 Å². The molecule has 3 rings (SSSR count). The Hall–Kier alpha value is -4.95. The summed E-state index contributed by atoms with van der Waals surface area (Å²) in [7, 11) is 0. The highest BCUT2D eigenvalue weighted by Crippen LogP contribution is 2.16. The number of carbonyl (C=O) groups is 2. The molecule has 0 saturated heterocycles. The van der Waals surface area contributed by atoms with E-state index >= 15 is 0 Å². The van der Waals surface area contributed by atoms with Crippen molar-refractivity contribution in [1.82, 2.24) is 39.5 Å².